The van der Waals surface area contributed by atoms with Crippen molar-refractivity contribution in [3.05, 3.63) is 59.4 Å². The van der Waals surface area contributed by atoms with Crippen LogP contribution in [-0.4, -0.2) is 19.3 Å². The summed E-state index contributed by atoms with van der Waals surface area (Å²) in [5.74, 6) is 0.887. The predicted molar refractivity (Wildman–Crippen MR) is 79.2 cm³/mol. The average Bonchev–Trinajstić information content (AvgIpc) is 2.48. The maximum atomic E-state index is 12.9. The second kappa shape index (κ2) is 6.14. The van der Waals surface area contributed by atoms with Crippen molar-refractivity contribution >= 4 is 0 Å². The van der Waals surface area contributed by atoms with Gasteiger partial charge in [-0.2, -0.15) is 0 Å². The molecule has 0 saturated heterocycles. The van der Waals surface area contributed by atoms with Crippen molar-refractivity contribution in [3.63, 3.8) is 0 Å². The van der Waals surface area contributed by atoms with E-state index in [1.54, 1.807) is 51.5 Å². The highest BCUT2D eigenvalue weighted by atomic mass is 19.1. The van der Waals surface area contributed by atoms with E-state index in [0.29, 0.717) is 23.5 Å². The summed E-state index contributed by atoms with van der Waals surface area (Å²) in [6.45, 7) is 1.72. The van der Waals surface area contributed by atoms with E-state index in [1.165, 1.54) is 12.1 Å². The van der Waals surface area contributed by atoms with Crippen molar-refractivity contribution in [2.24, 2.45) is 0 Å². The van der Waals surface area contributed by atoms with Crippen LogP contribution in [0, 0.1) is 5.82 Å². The summed E-state index contributed by atoms with van der Waals surface area (Å²) < 4.78 is 23.4. The molecule has 2 rings (SSSR count). The molecule has 0 aliphatic carbocycles. The number of rotatable bonds is 5. The molecule has 0 aliphatic heterocycles. The lowest BCUT2D eigenvalue weighted by Crippen LogP contribution is -2.24. The van der Waals surface area contributed by atoms with Crippen LogP contribution < -0.4 is 9.47 Å². The predicted octanol–water partition coefficient (Wildman–Crippen LogP) is 3.29. The quantitative estimate of drug-likeness (QED) is 0.918. The fourth-order valence-electron chi connectivity index (χ4n) is 2.27. The molecular weight excluding hydrogens is 271 g/mol. The Balaban J connectivity index is 2.28. The standard InChI is InChI=1S/C17H19FO3/c1-17(19,11-12-4-7-14(18)8-5-12)13-6-9-15(20-2)16(10-13)21-3/h4-10,19H,11H2,1-3H3. The molecule has 2 aromatic carbocycles. The highest BCUT2D eigenvalue weighted by Crippen LogP contribution is 2.33. The van der Waals surface area contributed by atoms with E-state index in [0.717, 1.165) is 5.56 Å². The maximum Gasteiger partial charge on any atom is 0.161 e. The number of ether oxygens (including phenoxy) is 2. The van der Waals surface area contributed by atoms with Crippen LogP contribution in [0.5, 0.6) is 11.5 Å². The van der Waals surface area contributed by atoms with Crippen molar-refractivity contribution in [1.82, 2.24) is 0 Å². The maximum absolute atomic E-state index is 12.9. The van der Waals surface area contributed by atoms with E-state index >= 15 is 0 Å². The summed E-state index contributed by atoms with van der Waals surface area (Å²) in [6.07, 6.45) is 0.378. The Kier molecular flexibility index (Phi) is 4.48. The van der Waals surface area contributed by atoms with Crippen LogP contribution >= 0.6 is 0 Å². The fraction of sp³-hybridized carbons (Fsp3) is 0.294. The molecular formula is C17H19FO3. The molecule has 3 nitrogen and oxygen atoms in total. The third kappa shape index (κ3) is 3.52. The zero-order valence-corrected chi connectivity index (χ0v) is 12.4. The first-order chi connectivity index (χ1) is 9.96. The van der Waals surface area contributed by atoms with Crippen LogP contribution in [0.4, 0.5) is 4.39 Å². The average molecular weight is 290 g/mol. The molecule has 0 heterocycles. The molecule has 0 radical (unpaired) electrons. The Bertz CT molecular complexity index is 606. The monoisotopic (exact) mass is 290 g/mol. The van der Waals surface area contributed by atoms with E-state index in [1.807, 2.05) is 0 Å². The molecule has 112 valence electrons. The summed E-state index contributed by atoms with van der Waals surface area (Å²) in [7, 11) is 3.12. The van der Waals surface area contributed by atoms with Gasteiger partial charge in [0.25, 0.3) is 0 Å². The Morgan fingerprint density at radius 1 is 1.00 bits per heavy atom. The van der Waals surface area contributed by atoms with Crippen LogP contribution in [-0.2, 0) is 12.0 Å². The lowest BCUT2D eigenvalue weighted by molar-refractivity contribution is 0.0573. The van der Waals surface area contributed by atoms with Gasteiger partial charge in [0.2, 0.25) is 0 Å². The Morgan fingerprint density at radius 3 is 2.19 bits per heavy atom. The first kappa shape index (κ1) is 15.3. The van der Waals surface area contributed by atoms with E-state index < -0.39 is 5.60 Å². The van der Waals surface area contributed by atoms with Crippen LogP contribution in [0.15, 0.2) is 42.5 Å². The van der Waals surface area contributed by atoms with Gasteiger partial charge < -0.3 is 14.6 Å². The topological polar surface area (TPSA) is 38.7 Å². The highest BCUT2D eigenvalue weighted by Gasteiger charge is 2.25. The van der Waals surface area contributed by atoms with Gasteiger partial charge in [-0.3, -0.25) is 0 Å². The van der Waals surface area contributed by atoms with Crippen molar-refractivity contribution < 1.29 is 19.0 Å². The van der Waals surface area contributed by atoms with Crippen LogP contribution in [0.3, 0.4) is 0 Å². The Labute approximate surface area is 124 Å². The van der Waals surface area contributed by atoms with Gasteiger partial charge in [-0.15, -0.1) is 0 Å². The first-order valence-corrected chi connectivity index (χ1v) is 6.65. The minimum Gasteiger partial charge on any atom is -0.493 e. The zero-order chi connectivity index (χ0) is 15.5. The lowest BCUT2D eigenvalue weighted by atomic mass is 9.89. The summed E-state index contributed by atoms with van der Waals surface area (Å²) in [5.41, 5.74) is 0.484. The summed E-state index contributed by atoms with van der Waals surface area (Å²) in [4.78, 5) is 0. The SMILES string of the molecule is COc1ccc(C(C)(O)Cc2ccc(F)cc2)cc1OC. The molecule has 0 aliphatic rings. The Hall–Kier alpha value is -2.07. The summed E-state index contributed by atoms with van der Waals surface area (Å²) in [6, 6.07) is 11.4. The molecule has 1 atom stereocenters. The summed E-state index contributed by atoms with van der Waals surface area (Å²) >= 11 is 0. The molecule has 0 saturated carbocycles. The second-order valence-corrected chi connectivity index (χ2v) is 5.15. The van der Waals surface area contributed by atoms with Crippen LogP contribution in [0.25, 0.3) is 0 Å². The molecule has 4 heteroatoms. The largest absolute Gasteiger partial charge is 0.493 e. The van der Waals surface area contributed by atoms with E-state index in [4.69, 9.17) is 9.47 Å². The van der Waals surface area contributed by atoms with Crippen LogP contribution in [0.1, 0.15) is 18.1 Å². The molecule has 0 spiro atoms. The zero-order valence-electron chi connectivity index (χ0n) is 12.4. The number of hydrogen-bond donors (Lipinski definition) is 1. The molecule has 21 heavy (non-hydrogen) atoms. The van der Waals surface area contributed by atoms with Gasteiger partial charge in [0, 0.05) is 6.42 Å². The number of hydrogen-bond acceptors (Lipinski definition) is 3. The van der Waals surface area contributed by atoms with Crippen molar-refractivity contribution in [3.8, 4) is 11.5 Å². The van der Waals surface area contributed by atoms with Gasteiger partial charge in [-0.1, -0.05) is 18.2 Å². The van der Waals surface area contributed by atoms with E-state index in [2.05, 4.69) is 0 Å². The van der Waals surface area contributed by atoms with Crippen molar-refractivity contribution in [2.75, 3.05) is 14.2 Å². The fourth-order valence-corrected chi connectivity index (χ4v) is 2.27. The first-order valence-electron chi connectivity index (χ1n) is 6.65. The molecule has 2 aromatic rings. The Morgan fingerprint density at radius 2 is 1.62 bits per heavy atom. The molecule has 0 bridgehead atoms. The normalized spacial score (nSPS) is 13.6. The van der Waals surface area contributed by atoms with E-state index in [-0.39, 0.29) is 5.82 Å². The van der Waals surface area contributed by atoms with E-state index in [9.17, 15) is 9.50 Å². The van der Waals surface area contributed by atoms with Gasteiger partial charge in [-0.25, -0.2) is 4.39 Å². The van der Waals surface area contributed by atoms with Gasteiger partial charge in [0.05, 0.1) is 19.8 Å². The molecule has 1 N–H and O–H groups in total. The molecule has 0 aromatic heterocycles. The summed E-state index contributed by atoms with van der Waals surface area (Å²) in [5, 5.41) is 10.7. The van der Waals surface area contributed by atoms with Gasteiger partial charge in [-0.05, 0) is 42.3 Å². The highest BCUT2D eigenvalue weighted by molar-refractivity contribution is 5.44. The third-order valence-corrected chi connectivity index (χ3v) is 3.47. The number of aliphatic hydroxyl groups is 1. The molecule has 1 unspecified atom stereocenters. The number of benzene rings is 2. The molecule has 0 fully saturated rings. The minimum atomic E-state index is -1.09. The van der Waals surface area contributed by atoms with Gasteiger partial charge in [0.1, 0.15) is 5.82 Å². The minimum absolute atomic E-state index is 0.287. The lowest BCUT2D eigenvalue weighted by Gasteiger charge is -2.25. The second-order valence-electron chi connectivity index (χ2n) is 5.15. The van der Waals surface area contributed by atoms with Crippen molar-refractivity contribution in [1.29, 1.82) is 0 Å². The van der Waals surface area contributed by atoms with Gasteiger partial charge in [0.15, 0.2) is 11.5 Å². The van der Waals surface area contributed by atoms with Gasteiger partial charge >= 0.3 is 0 Å². The smallest absolute Gasteiger partial charge is 0.161 e. The number of methoxy groups -OCH3 is 2. The van der Waals surface area contributed by atoms with Crippen molar-refractivity contribution in [2.45, 2.75) is 18.9 Å². The third-order valence-electron chi connectivity index (χ3n) is 3.47. The molecule has 0 amide bonds. The van der Waals surface area contributed by atoms with Crippen LogP contribution in [0.2, 0.25) is 0 Å². The number of halogens is 1.